The summed E-state index contributed by atoms with van der Waals surface area (Å²) in [5.41, 5.74) is 3.65. The molecule has 0 radical (unpaired) electrons. The number of nitrogens with one attached hydrogen (secondary N) is 1. The van der Waals surface area contributed by atoms with Crippen molar-refractivity contribution in [3.8, 4) is 0 Å². The van der Waals surface area contributed by atoms with Gasteiger partial charge in [-0.3, -0.25) is 9.78 Å². The first-order valence-electron chi connectivity index (χ1n) is 6.33. The van der Waals surface area contributed by atoms with E-state index in [0.717, 1.165) is 11.1 Å². The largest absolute Gasteiger partial charge is 0.417 e. The van der Waals surface area contributed by atoms with Gasteiger partial charge in [-0.25, -0.2) is 4.79 Å². The molecule has 100 valence electrons. The zero-order chi connectivity index (χ0) is 14.1. The summed E-state index contributed by atoms with van der Waals surface area (Å²) >= 11 is 0. The molecule has 4 heteroatoms. The number of oxazole rings is 1. The molecule has 2 aromatic carbocycles. The van der Waals surface area contributed by atoms with Gasteiger partial charge in [0.25, 0.3) is 0 Å². The SMILES string of the molecule is Cc1cccc(CC(=O)c2ccc3[nH]c(=O)oc3c2)c1. The lowest BCUT2D eigenvalue weighted by atomic mass is 10.0. The third-order valence-corrected chi connectivity index (χ3v) is 3.19. The zero-order valence-corrected chi connectivity index (χ0v) is 11.0. The molecule has 20 heavy (non-hydrogen) atoms. The molecule has 0 saturated heterocycles. The smallest absolute Gasteiger partial charge is 0.408 e. The minimum absolute atomic E-state index is 0.00125. The predicted molar refractivity (Wildman–Crippen MR) is 76.0 cm³/mol. The Labute approximate surface area is 115 Å². The first kappa shape index (κ1) is 12.4. The van der Waals surface area contributed by atoms with E-state index < -0.39 is 5.76 Å². The monoisotopic (exact) mass is 267 g/mol. The molecule has 0 aliphatic rings. The summed E-state index contributed by atoms with van der Waals surface area (Å²) in [5, 5.41) is 0. The van der Waals surface area contributed by atoms with Gasteiger partial charge in [0.05, 0.1) is 5.52 Å². The first-order valence-corrected chi connectivity index (χ1v) is 6.33. The van der Waals surface area contributed by atoms with Gasteiger partial charge in [-0.15, -0.1) is 0 Å². The molecule has 3 aromatic rings. The van der Waals surface area contributed by atoms with Gasteiger partial charge in [0, 0.05) is 12.0 Å². The van der Waals surface area contributed by atoms with Gasteiger partial charge in [0.2, 0.25) is 0 Å². The normalized spacial score (nSPS) is 10.8. The van der Waals surface area contributed by atoms with Crippen LogP contribution in [0.3, 0.4) is 0 Å². The van der Waals surface area contributed by atoms with Crippen molar-refractivity contribution in [2.45, 2.75) is 13.3 Å². The highest BCUT2D eigenvalue weighted by molar-refractivity contribution is 5.99. The van der Waals surface area contributed by atoms with Crippen molar-refractivity contribution in [1.29, 1.82) is 0 Å². The highest BCUT2D eigenvalue weighted by Gasteiger charge is 2.10. The third-order valence-electron chi connectivity index (χ3n) is 3.19. The summed E-state index contributed by atoms with van der Waals surface area (Å²) < 4.78 is 4.96. The van der Waals surface area contributed by atoms with Crippen LogP contribution in [0.2, 0.25) is 0 Å². The lowest BCUT2D eigenvalue weighted by Crippen LogP contribution is -2.03. The molecule has 0 saturated carbocycles. The van der Waals surface area contributed by atoms with Gasteiger partial charge in [-0.2, -0.15) is 0 Å². The second-order valence-electron chi connectivity index (χ2n) is 4.81. The fourth-order valence-corrected chi connectivity index (χ4v) is 2.23. The molecule has 0 unspecified atom stereocenters. The van der Waals surface area contributed by atoms with Crippen LogP contribution in [-0.2, 0) is 6.42 Å². The Morgan fingerprint density at radius 2 is 2.05 bits per heavy atom. The van der Waals surface area contributed by atoms with Crippen molar-refractivity contribution in [2.24, 2.45) is 0 Å². The molecule has 0 aliphatic heterocycles. The second-order valence-corrected chi connectivity index (χ2v) is 4.81. The number of benzene rings is 2. The van der Waals surface area contributed by atoms with Crippen molar-refractivity contribution in [3.63, 3.8) is 0 Å². The maximum Gasteiger partial charge on any atom is 0.417 e. The third kappa shape index (κ3) is 2.40. The molecule has 0 fully saturated rings. The van der Waals surface area contributed by atoms with Crippen LogP contribution >= 0.6 is 0 Å². The standard InChI is InChI=1S/C16H13NO3/c1-10-3-2-4-11(7-10)8-14(18)12-5-6-13-15(9-12)20-16(19)17-13/h2-7,9H,8H2,1H3,(H,17,19). The molecule has 0 atom stereocenters. The summed E-state index contributed by atoms with van der Waals surface area (Å²) in [7, 11) is 0. The fraction of sp³-hybridized carbons (Fsp3) is 0.125. The van der Waals surface area contributed by atoms with Crippen molar-refractivity contribution >= 4 is 16.9 Å². The summed E-state index contributed by atoms with van der Waals surface area (Å²) in [6, 6.07) is 12.8. The van der Waals surface area contributed by atoms with Crippen LogP contribution in [0.25, 0.3) is 11.1 Å². The Hall–Kier alpha value is -2.62. The molecule has 1 N–H and O–H groups in total. The number of aromatic amines is 1. The first-order chi connectivity index (χ1) is 9.61. The second kappa shape index (κ2) is 4.81. The van der Waals surface area contributed by atoms with Crippen molar-refractivity contribution in [3.05, 3.63) is 69.7 Å². The highest BCUT2D eigenvalue weighted by atomic mass is 16.4. The van der Waals surface area contributed by atoms with Crippen LogP contribution in [0.5, 0.6) is 0 Å². The van der Waals surface area contributed by atoms with Crippen molar-refractivity contribution in [2.75, 3.05) is 0 Å². The van der Waals surface area contributed by atoms with Crippen molar-refractivity contribution < 1.29 is 9.21 Å². The minimum Gasteiger partial charge on any atom is -0.408 e. The number of aryl methyl sites for hydroxylation is 1. The maximum atomic E-state index is 12.2. The minimum atomic E-state index is -0.511. The summed E-state index contributed by atoms with van der Waals surface area (Å²) in [5.74, 6) is -0.510. The van der Waals surface area contributed by atoms with Gasteiger partial charge in [0.1, 0.15) is 0 Å². The number of fused-ring (bicyclic) bond motifs is 1. The van der Waals surface area contributed by atoms with E-state index in [1.54, 1.807) is 18.2 Å². The molecular formula is C16H13NO3. The molecule has 0 bridgehead atoms. The molecule has 1 heterocycles. The van der Waals surface area contributed by atoms with Gasteiger partial charge >= 0.3 is 5.76 Å². The number of ketones is 1. The summed E-state index contributed by atoms with van der Waals surface area (Å²) in [6.07, 6.45) is 0.335. The summed E-state index contributed by atoms with van der Waals surface area (Å²) in [6.45, 7) is 1.99. The Kier molecular flexibility index (Phi) is 2.99. The van der Waals surface area contributed by atoms with Crippen LogP contribution < -0.4 is 5.76 Å². The number of Topliss-reactive ketones (excluding diaryl/α,β-unsaturated/α-hetero) is 1. The number of aromatic nitrogens is 1. The Morgan fingerprint density at radius 3 is 2.85 bits per heavy atom. The molecule has 0 aliphatic carbocycles. The molecule has 4 nitrogen and oxygen atoms in total. The average Bonchev–Trinajstić information content (AvgIpc) is 2.77. The quantitative estimate of drug-likeness (QED) is 0.742. The van der Waals surface area contributed by atoms with Gasteiger partial charge in [-0.1, -0.05) is 29.8 Å². The number of hydrogen-bond donors (Lipinski definition) is 1. The Bertz CT molecular complexity index is 842. The lowest BCUT2D eigenvalue weighted by molar-refractivity contribution is 0.0993. The lowest BCUT2D eigenvalue weighted by Gasteiger charge is -2.02. The summed E-state index contributed by atoms with van der Waals surface area (Å²) in [4.78, 5) is 25.9. The van der Waals surface area contributed by atoms with E-state index in [-0.39, 0.29) is 5.78 Å². The zero-order valence-electron chi connectivity index (χ0n) is 11.0. The van der Waals surface area contributed by atoms with Crippen LogP contribution in [0.1, 0.15) is 21.5 Å². The molecule has 1 aromatic heterocycles. The van der Waals surface area contributed by atoms with Crippen molar-refractivity contribution in [1.82, 2.24) is 4.98 Å². The molecular weight excluding hydrogens is 254 g/mol. The molecule has 3 rings (SSSR count). The van der Waals surface area contributed by atoms with E-state index in [1.165, 1.54) is 0 Å². The van der Waals surface area contributed by atoms with Crippen LogP contribution in [0, 0.1) is 6.92 Å². The highest BCUT2D eigenvalue weighted by Crippen LogP contribution is 2.15. The van der Waals surface area contributed by atoms with E-state index in [2.05, 4.69) is 4.98 Å². The predicted octanol–water partition coefficient (Wildman–Crippen LogP) is 2.85. The maximum absolute atomic E-state index is 12.2. The number of H-pyrrole nitrogens is 1. The van der Waals surface area contributed by atoms with Gasteiger partial charge in [0.15, 0.2) is 11.4 Å². The topological polar surface area (TPSA) is 63.1 Å². The van der Waals surface area contributed by atoms with Crippen LogP contribution in [0.15, 0.2) is 51.7 Å². The van der Waals surface area contributed by atoms with Crippen LogP contribution in [-0.4, -0.2) is 10.8 Å². The van der Waals surface area contributed by atoms with E-state index in [1.807, 2.05) is 31.2 Å². The Morgan fingerprint density at radius 1 is 1.20 bits per heavy atom. The number of hydrogen-bond acceptors (Lipinski definition) is 3. The molecule has 0 spiro atoms. The number of carbonyl (C=O) groups is 1. The van der Waals surface area contributed by atoms with E-state index in [4.69, 9.17) is 4.42 Å². The Balaban J connectivity index is 1.90. The van der Waals surface area contributed by atoms with Gasteiger partial charge < -0.3 is 4.42 Å². The van der Waals surface area contributed by atoms with E-state index in [9.17, 15) is 9.59 Å². The number of carbonyl (C=O) groups excluding carboxylic acids is 1. The number of rotatable bonds is 3. The average molecular weight is 267 g/mol. The van der Waals surface area contributed by atoms with E-state index >= 15 is 0 Å². The van der Waals surface area contributed by atoms with Gasteiger partial charge in [-0.05, 0) is 30.7 Å². The molecule has 0 amide bonds. The van der Waals surface area contributed by atoms with E-state index in [0.29, 0.717) is 23.1 Å². The van der Waals surface area contributed by atoms with Crippen LogP contribution in [0.4, 0.5) is 0 Å². The fourth-order valence-electron chi connectivity index (χ4n) is 2.23.